The molecule has 2 aliphatic heterocycles. The van der Waals surface area contributed by atoms with E-state index in [0.29, 0.717) is 30.8 Å². The number of hydrogen-bond acceptors (Lipinski definition) is 5. The molecule has 1 aromatic carbocycles. The van der Waals surface area contributed by atoms with Crippen molar-refractivity contribution in [1.29, 1.82) is 5.26 Å². The van der Waals surface area contributed by atoms with Gasteiger partial charge in [0.15, 0.2) is 0 Å². The van der Waals surface area contributed by atoms with Crippen LogP contribution in [0, 0.1) is 18.3 Å². The molecule has 0 unspecified atom stereocenters. The Morgan fingerprint density at radius 1 is 1.35 bits per heavy atom. The Morgan fingerprint density at radius 2 is 2.13 bits per heavy atom. The number of fused-ring (bicyclic) bond motifs is 1. The van der Waals surface area contributed by atoms with Crippen LogP contribution in [0.4, 0.5) is 0 Å². The van der Waals surface area contributed by atoms with Gasteiger partial charge in [0.2, 0.25) is 10.0 Å². The maximum atomic E-state index is 13.1. The molecule has 6 nitrogen and oxygen atoms in total. The minimum atomic E-state index is -3.59. The SMILES string of the molecule is Cc1cc(S(=O)(=O)N2CCO[C@@H]3CCN(C)C[C@H]32)ccc1C#N. The Labute approximate surface area is 137 Å². The third-order valence-corrected chi connectivity index (χ3v) is 6.58. The van der Waals surface area contributed by atoms with E-state index in [-0.39, 0.29) is 17.0 Å². The molecule has 0 saturated carbocycles. The summed E-state index contributed by atoms with van der Waals surface area (Å²) in [6, 6.07) is 6.61. The number of nitriles is 1. The summed E-state index contributed by atoms with van der Waals surface area (Å²) < 4.78 is 33.5. The number of sulfonamides is 1. The van der Waals surface area contributed by atoms with Crippen LogP contribution in [0.2, 0.25) is 0 Å². The van der Waals surface area contributed by atoms with Crippen LogP contribution in [-0.2, 0) is 14.8 Å². The fraction of sp³-hybridized carbons (Fsp3) is 0.562. The van der Waals surface area contributed by atoms with Gasteiger partial charge in [0, 0.05) is 19.6 Å². The first-order chi connectivity index (χ1) is 10.9. The van der Waals surface area contributed by atoms with Crippen LogP contribution >= 0.6 is 0 Å². The highest BCUT2D eigenvalue weighted by Crippen LogP contribution is 2.28. The first-order valence-electron chi connectivity index (χ1n) is 7.76. The number of ether oxygens (including phenoxy) is 1. The lowest BCUT2D eigenvalue weighted by Gasteiger charge is -2.45. The van der Waals surface area contributed by atoms with Gasteiger partial charge < -0.3 is 9.64 Å². The normalized spacial score (nSPS) is 26.5. The first kappa shape index (κ1) is 16.4. The van der Waals surface area contributed by atoms with E-state index in [1.165, 1.54) is 6.07 Å². The van der Waals surface area contributed by atoms with E-state index in [0.717, 1.165) is 13.0 Å². The molecule has 0 aliphatic carbocycles. The second kappa shape index (κ2) is 6.21. The highest BCUT2D eigenvalue weighted by molar-refractivity contribution is 7.89. The molecule has 124 valence electrons. The third kappa shape index (κ3) is 3.00. The van der Waals surface area contributed by atoms with E-state index < -0.39 is 10.0 Å². The number of likely N-dealkylation sites (N-methyl/N-ethyl adjacent to an activating group) is 1. The zero-order chi connectivity index (χ0) is 16.6. The summed E-state index contributed by atoms with van der Waals surface area (Å²) in [5, 5.41) is 9.01. The Kier molecular flexibility index (Phi) is 4.43. The summed E-state index contributed by atoms with van der Waals surface area (Å²) in [5.41, 5.74) is 1.18. The summed E-state index contributed by atoms with van der Waals surface area (Å²) in [6.45, 7) is 4.16. The van der Waals surface area contributed by atoms with Gasteiger partial charge in [-0.3, -0.25) is 0 Å². The number of nitrogens with zero attached hydrogens (tertiary/aromatic N) is 3. The Balaban J connectivity index is 1.95. The second-order valence-corrected chi connectivity index (χ2v) is 8.12. The molecule has 2 aliphatic rings. The van der Waals surface area contributed by atoms with E-state index in [1.54, 1.807) is 23.4 Å². The van der Waals surface area contributed by atoms with Crippen LogP contribution < -0.4 is 0 Å². The van der Waals surface area contributed by atoms with E-state index in [4.69, 9.17) is 10.00 Å². The number of benzene rings is 1. The molecule has 2 heterocycles. The zero-order valence-corrected chi connectivity index (χ0v) is 14.2. The van der Waals surface area contributed by atoms with E-state index in [2.05, 4.69) is 11.0 Å². The van der Waals surface area contributed by atoms with Crippen molar-refractivity contribution in [3.8, 4) is 6.07 Å². The molecule has 1 aromatic rings. The fourth-order valence-corrected chi connectivity index (χ4v) is 5.07. The highest BCUT2D eigenvalue weighted by Gasteiger charge is 2.42. The van der Waals surface area contributed by atoms with Crippen molar-refractivity contribution in [2.75, 3.05) is 33.3 Å². The molecule has 2 fully saturated rings. The molecule has 7 heteroatoms. The van der Waals surface area contributed by atoms with Crippen molar-refractivity contribution in [1.82, 2.24) is 9.21 Å². The maximum Gasteiger partial charge on any atom is 0.243 e. The molecule has 3 rings (SSSR count). The molecular weight excluding hydrogens is 314 g/mol. The van der Waals surface area contributed by atoms with Gasteiger partial charge in [-0.15, -0.1) is 0 Å². The van der Waals surface area contributed by atoms with Gasteiger partial charge in [-0.1, -0.05) is 0 Å². The Bertz CT molecular complexity index is 741. The lowest BCUT2D eigenvalue weighted by Crippen LogP contribution is -2.60. The molecule has 2 saturated heterocycles. The minimum absolute atomic E-state index is 0.0331. The van der Waals surface area contributed by atoms with Crippen LogP contribution in [0.3, 0.4) is 0 Å². The van der Waals surface area contributed by atoms with Crippen LogP contribution in [0.25, 0.3) is 0 Å². The van der Waals surface area contributed by atoms with Crippen molar-refractivity contribution in [2.45, 2.75) is 30.4 Å². The number of piperidine rings is 1. The monoisotopic (exact) mass is 335 g/mol. The minimum Gasteiger partial charge on any atom is -0.375 e. The lowest BCUT2D eigenvalue weighted by atomic mass is 10.0. The fourth-order valence-electron chi connectivity index (χ4n) is 3.35. The predicted molar refractivity (Wildman–Crippen MR) is 85.4 cm³/mol. The largest absolute Gasteiger partial charge is 0.375 e. The summed E-state index contributed by atoms with van der Waals surface area (Å²) in [6.07, 6.45) is 0.814. The van der Waals surface area contributed by atoms with Crippen molar-refractivity contribution in [3.05, 3.63) is 29.3 Å². The maximum absolute atomic E-state index is 13.1. The van der Waals surface area contributed by atoms with E-state index >= 15 is 0 Å². The van der Waals surface area contributed by atoms with E-state index in [1.807, 2.05) is 7.05 Å². The van der Waals surface area contributed by atoms with Crippen LogP contribution in [-0.4, -0.2) is 63.1 Å². The van der Waals surface area contributed by atoms with Gasteiger partial charge in [0.05, 0.1) is 35.3 Å². The summed E-state index contributed by atoms with van der Waals surface area (Å²) in [5.74, 6) is 0. The average molecular weight is 335 g/mol. The predicted octanol–water partition coefficient (Wildman–Crippen LogP) is 0.960. The van der Waals surface area contributed by atoms with Gasteiger partial charge >= 0.3 is 0 Å². The lowest BCUT2D eigenvalue weighted by molar-refractivity contribution is -0.0719. The topological polar surface area (TPSA) is 73.6 Å². The van der Waals surface area contributed by atoms with Crippen molar-refractivity contribution < 1.29 is 13.2 Å². The highest BCUT2D eigenvalue weighted by atomic mass is 32.2. The van der Waals surface area contributed by atoms with Crippen LogP contribution in [0.1, 0.15) is 17.5 Å². The number of hydrogen-bond donors (Lipinski definition) is 0. The Hall–Kier alpha value is -1.46. The van der Waals surface area contributed by atoms with Gasteiger partial charge in [-0.25, -0.2) is 8.42 Å². The molecule has 0 N–H and O–H groups in total. The van der Waals surface area contributed by atoms with Crippen LogP contribution in [0.15, 0.2) is 23.1 Å². The van der Waals surface area contributed by atoms with Crippen molar-refractivity contribution in [3.63, 3.8) is 0 Å². The van der Waals surface area contributed by atoms with Gasteiger partial charge in [-0.05, 0) is 44.2 Å². The van der Waals surface area contributed by atoms with E-state index in [9.17, 15) is 8.42 Å². The summed E-state index contributed by atoms with van der Waals surface area (Å²) in [4.78, 5) is 2.39. The molecule has 0 amide bonds. The molecule has 0 bridgehead atoms. The molecule has 23 heavy (non-hydrogen) atoms. The number of rotatable bonds is 2. The Morgan fingerprint density at radius 3 is 2.83 bits per heavy atom. The summed E-state index contributed by atoms with van der Waals surface area (Å²) in [7, 11) is -1.58. The number of aryl methyl sites for hydroxylation is 1. The molecular formula is C16H21N3O3S. The molecule has 0 aromatic heterocycles. The smallest absolute Gasteiger partial charge is 0.243 e. The van der Waals surface area contributed by atoms with Gasteiger partial charge in [-0.2, -0.15) is 9.57 Å². The number of likely N-dealkylation sites (tertiary alicyclic amines) is 1. The zero-order valence-electron chi connectivity index (χ0n) is 13.4. The summed E-state index contributed by atoms with van der Waals surface area (Å²) >= 11 is 0. The third-order valence-electron chi connectivity index (χ3n) is 4.66. The standard InChI is InChI=1S/C16H21N3O3S/c1-12-9-14(4-3-13(12)10-17)23(20,21)19-7-8-22-16-5-6-18(2)11-15(16)19/h3-4,9,15-16H,5-8,11H2,1-2H3/t15-,16-/m1/s1. The van der Waals surface area contributed by atoms with Crippen molar-refractivity contribution in [2.24, 2.45) is 0 Å². The molecule has 2 atom stereocenters. The van der Waals surface area contributed by atoms with Crippen LogP contribution in [0.5, 0.6) is 0 Å². The van der Waals surface area contributed by atoms with Gasteiger partial charge in [0.25, 0.3) is 0 Å². The average Bonchev–Trinajstić information content (AvgIpc) is 2.54. The first-order valence-corrected chi connectivity index (χ1v) is 9.20. The second-order valence-electron chi connectivity index (χ2n) is 6.23. The number of morpholine rings is 1. The van der Waals surface area contributed by atoms with Crippen molar-refractivity contribution >= 4 is 10.0 Å². The molecule has 0 spiro atoms. The van der Waals surface area contributed by atoms with Gasteiger partial charge in [0.1, 0.15) is 0 Å². The molecule has 0 radical (unpaired) electrons. The quantitative estimate of drug-likeness (QED) is 0.805.